The summed E-state index contributed by atoms with van der Waals surface area (Å²) in [5.41, 5.74) is 6.37. The summed E-state index contributed by atoms with van der Waals surface area (Å²) in [6.45, 7) is 0.182. The Morgan fingerprint density at radius 1 is 1.05 bits per heavy atom. The minimum absolute atomic E-state index is 0.182. The molecule has 100 valence electrons. The van der Waals surface area contributed by atoms with Crippen LogP contribution < -0.4 is 15.2 Å². The third kappa shape index (κ3) is 3.23. The van der Waals surface area contributed by atoms with Gasteiger partial charge < -0.3 is 15.2 Å². The zero-order chi connectivity index (χ0) is 13.7. The van der Waals surface area contributed by atoms with E-state index in [4.69, 9.17) is 15.2 Å². The minimum Gasteiger partial charge on any atom is -0.493 e. The van der Waals surface area contributed by atoms with Crippen molar-refractivity contribution in [1.29, 1.82) is 0 Å². The van der Waals surface area contributed by atoms with E-state index in [1.807, 2.05) is 12.1 Å². The molecule has 0 radical (unpaired) electrons. The third-order valence-electron chi connectivity index (χ3n) is 2.79. The Morgan fingerprint density at radius 2 is 1.68 bits per heavy atom. The fraction of sp³-hybridized carbons (Fsp3) is 0.200. The lowest BCUT2D eigenvalue weighted by atomic mass is 10.1. The van der Waals surface area contributed by atoms with Crippen LogP contribution >= 0.6 is 0 Å². The van der Waals surface area contributed by atoms with Gasteiger partial charge in [0.2, 0.25) is 0 Å². The normalized spacial score (nSPS) is 11.9. The molecule has 2 aromatic carbocycles. The standard InChI is InChI=1S/C15H16FNO2/c1-18-14-8-4-5-9-15(14)19-10-13(17)11-6-2-3-7-12(11)16/h2-9,13H,10,17H2,1H3. The molecule has 2 N–H and O–H groups in total. The molecule has 0 aliphatic carbocycles. The second-order valence-electron chi connectivity index (χ2n) is 4.09. The van der Waals surface area contributed by atoms with E-state index in [-0.39, 0.29) is 12.4 Å². The smallest absolute Gasteiger partial charge is 0.161 e. The summed E-state index contributed by atoms with van der Waals surface area (Å²) in [6.07, 6.45) is 0. The van der Waals surface area contributed by atoms with Crippen molar-refractivity contribution in [2.24, 2.45) is 5.73 Å². The first-order valence-corrected chi connectivity index (χ1v) is 5.98. The number of nitrogens with two attached hydrogens (primary N) is 1. The van der Waals surface area contributed by atoms with Crippen LogP contribution in [-0.4, -0.2) is 13.7 Å². The Labute approximate surface area is 111 Å². The van der Waals surface area contributed by atoms with Crippen LogP contribution in [0.2, 0.25) is 0 Å². The lowest BCUT2D eigenvalue weighted by Crippen LogP contribution is -2.20. The van der Waals surface area contributed by atoms with Crippen molar-refractivity contribution in [3.63, 3.8) is 0 Å². The number of para-hydroxylation sites is 2. The molecule has 4 heteroatoms. The quantitative estimate of drug-likeness (QED) is 0.900. The van der Waals surface area contributed by atoms with Gasteiger partial charge in [0.25, 0.3) is 0 Å². The first-order chi connectivity index (χ1) is 9.22. The molecule has 19 heavy (non-hydrogen) atoms. The summed E-state index contributed by atoms with van der Waals surface area (Å²) in [7, 11) is 1.57. The lowest BCUT2D eigenvalue weighted by molar-refractivity contribution is 0.271. The second-order valence-corrected chi connectivity index (χ2v) is 4.09. The molecule has 0 amide bonds. The molecule has 2 aromatic rings. The van der Waals surface area contributed by atoms with Crippen LogP contribution in [0.5, 0.6) is 11.5 Å². The number of halogens is 1. The first-order valence-electron chi connectivity index (χ1n) is 5.98. The van der Waals surface area contributed by atoms with Gasteiger partial charge in [0.1, 0.15) is 12.4 Å². The Kier molecular flexibility index (Phi) is 4.36. The molecule has 1 unspecified atom stereocenters. The van der Waals surface area contributed by atoms with Crippen molar-refractivity contribution in [3.05, 3.63) is 59.9 Å². The van der Waals surface area contributed by atoms with Crippen molar-refractivity contribution in [2.75, 3.05) is 13.7 Å². The number of methoxy groups -OCH3 is 1. The van der Waals surface area contributed by atoms with Gasteiger partial charge in [-0.25, -0.2) is 4.39 Å². The van der Waals surface area contributed by atoms with Crippen LogP contribution in [0.3, 0.4) is 0 Å². The molecule has 0 spiro atoms. The average molecular weight is 261 g/mol. The Hall–Kier alpha value is -2.07. The van der Waals surface area contributed by atoms with Crippen molar-refractivity contribution < 1.29 is 13.9 Å². The van der Waals surface area contributed by atoms with E-state index in [9.17, 15) is 4.39 Å². The van der Waals surface area contributed by atoms with Crippen LogP contribution in [0.15, 0.2) is 48.5 Å². The number of hydrogen-bond acceptors (Lipinski definition) is 3. The van der Waals surface area contributed by atoms with Gasteiger partial charge in [0.15, 0.2) is 11.5 Å². The predicted molar refractivity (Wildman–Crippen MR) is 71.8 cm³/mol. The highest BCUT2D eigenvalue weighted by atomic mass is 19.1. The van der Waals surface area contributed by atoms with Gasteiger partial charge in [-0.1, -0.05) is 30.3 Å². The minimum atomic E-state index is -0.522. The maximum absolute atomic E-state index is 13.6. The summed E-state index contributed by atoms with van der Waals surface area (Å²) >= 11 is 0. The van der Waals surface area contributed by atoms with E-state index in [1.54, 1.807) is 37.4 Å². The van der Waals surface area contributed by atoms with Crippen molar-refractivity contribution in [1.82, 2.24) is 0 Å². The van der Waals surface area contributed by atoms with Gasteiger partial charge >= 0.3 is 0 Å². The number of rotatable bonds is 5. The van der Waals surface area contributed by atoms with Crippen LogP contribution in [0.1, 0.15) is 11.6 Å². The molecule has 2 rings (SSSR count). The molecule has 0 saturated carbocycles. The molecule has 0 aromatic heterocycles. The fourth-order valence-electron chi connectivity index (χ4n) is 1.78. The Balaban J connectivity index is 2.04. The van der Waals surface area contributed by atoms with Gasteiger partial charge in [-0.2, -0.15) is 0 Å². The molecule has 0 fully saturated rings. The highest BCUT2D eigenvalue weighted by Gasteiger charge is 2.12. The summed E-state index contributed by atoms with van der Waals surface area (Å²) < 4.78 is 24.3. The summed E-state index contributed by atoms with van der Waals surface area (Å²) in [5, 5.41) is 0. The molecule has 0 aliphatic heterocycles. The van der Waals surface area contributed by atoms with Crippen molar-refractivity contribution in [2.45, 2.75) is 6.04 Å². The Bertz CT molecular complexity index is 545. The van der Waals surface area contributed by atoms with E-state index in [2.05, 4.69) is 0 Å². The van der Waals surface area contributed by atoms with Crippen molar-refractivity contribution in [3.8, 4) is 11.5 Å². The molecular weight excluding hydrogens is 245 g/mol. The molecule has 3 nitrogen and oxygen atoms in total. The summed E-state index contributed by atoms with van der Waals surface area (Å²) in [4.78, 5) is 0. The number of ether oxygens (including phenoxy) is 2. The van der Waals surface area contributed by atoms with Crippen LogP contribution in [0, 0.1) is 5.82 Å². The number of benzene rings is 2. The lowest BCUT2D eigenvalue weighted by Gasteiger charge is -2.15. The second kappa shape index (κ2) is 6.20. The van der Waals surface area contributed by atoms with E-state index in [1.165, 1.54) is 6.07 Å². The zero-order valence-electron chi connectivity index (χ0n) is 10.7. The van der Waals surface area contributed by atoms with Crippen LogP contribution in [0.25, 0.3) is 0 Å². The SMILES string of the molecule is COc1ccccc1OCC(N)c1ccccc1F. The molecular formula is C15H16FNO2. The van der Waals surface area contributed by atoms with E-state index >= 15 is 0 Å². The Morgan fingerprint density at radius 3 is 2.37 bits per heavy atom. The number of hydrogen-bond donors (Lipinski definition) is 1. The van der Waals surface area contributed by atoms with Gasteiger partial charge in [0, 0.05) is 5.56 Å². The maximum Gasteiger partial charge on any atom is 0.161 e. The molecule has 0 aliphatic rings. The largest absolute Gasteiger partial charge is 0.493 e. The van der Waals surface area contributed by atoms with Gasteiger partial charge in [-0.15, -0.1) is 0 Å². The van der Waals surface area contributed by atoms with Gasteiger partial charge in [0.05, 0.1) is 13.2 Å². The van der Waals surface area contributed by atoms with Crippen LogP contribution in [0.4, 0.5) is 4.39 Å². The highest BCUT2D eigenvalue weighted by Crippen LogP contribution is 2.26. The zero-order valence-corrected chi connectivity index (χ0v) is 10.7. The molecule has 0 heterocycles. The molecule has 1 atom stereocenters. The molecule has 0 bridgehead atoms. The van der Waals surface area contributed by atoms with Gasteiger partial charge in [-0.3, -0.25) is 0 Å². The fourth-order valence-corrected chi connectivity index (χ4v) is 1.78. The average Bonchev–Trinajstić information content (AvgIpc) is 2.45. The highest BCUT2D eigenvalue weighted by molar-refractivity contribution is 5.39. The summed E-state index contributed by atoms with van der Waals surface area (Å²) in [5.74, 6) is 0.902. The molecule has 0 saturated heterocycles. The van der Waals surface area contributed by atoms with E-state index in [0.717, 1.165) is 0 Å². The first kappa shape index (κ1) is 13.4. The topological polar surface area (TPSA) is 44.5 Å². The van der Waals surface area contributed by atoms with Gasteiger partial charge in [-0.05, 0) is 18.2 Å². The predicted octanol–water partition coefficient (Wildman–Crippen LogP) is 2.91. The van der Waals surface area contributed by atoms with Crippen molar-refractivity contribution >= 4 is 0 Å². The monoisotopic (exact) mass is 261 g/mol. The van der Waals surface area contributed by atoms with E-state index in [0.29, 0.717) is 17.1 Å². The summed E-state index contributed by atoms with van der Waals surface area (Å²) in [6, 6.07) is 13.2. The van der Waals surface area contributed by atoms with Crippen LogP contribution in [-0.2, 0) is 0 Å². The maximum atomic E-state index is 13.6. The third-order valence-corrected chi connectivity index (χ3v) is 2.79. The van der Waals surface area contributed by atoms with E-state index < -0.39 is 6.04 Å².